The Bertz CT molecular complexity index is 1450. The molecule has 3 aromatic heterocycles. The molecule has 0 saturated carbocycles. The Morgan fingerprint density at radius 1 is 1.16 bits per heavy atom. The number of rotatable bonds is 6. The second-order valence-corrected chi connectivity index (χ2v) is 11.0. The Kier molecular flexibility index (Phi) is 6.62. The van der Waals surface area contributed by atoms with Gasteiger partial charge in [-0.05, 0) is 50.1 Å². The van der Waals surface area contributed by atoms with Crippen molar-refractivity contribution in [3.63, 3.8) is 0 Å². The van der Waals surface area contributed by atoms with Gasteiger partial charge in [-0.15, -0.1) is 11.3 Å². The summed E-state index contributed by atoms with van der Waals surface area (Å²) in [7, 11) is 0. The number of H-pyrrole nitrogens is 1. The van der Waals surface area contributed by atoms with Crippen LogP contribution in [0.1, 0.15) is 32.4 Å². The van der Waals surface area contributed by atoms with E-state index in [2.05, 4.69) is 67.5 Å². The van der Waals surface area contributed by atoms with Crippen LogP contribution in [0, 0.1) is 0 Å². The average molecular weight is 517 g/mol. The van der Waals surface area contributed by atoms with Crippen molar-refractivity contribution in [1.29, 1.82) is 0 Å². The fourth-order valence-corrected chi connectivity index (χ4v) is 6.17. The number of carbonyl (C=O) groups is 1. The maximum Gasteiger partial charge on any atom is 0.224 e. The fraction of sp³-hybridized carbons (Fsp3) is 0.407. The summed E-state index contributed by atoms with van der Waals surface area (Å²) in [6, 6.07) is 9.17. The Hall–Kier alpha value is -3.34. The number of nitrogens with one attached hydrogen (secondary N) is 3. The van der Waals surface area contributed by atoms with E-state index < -0.39 is 0 Å². The van der Waals surface area contributed by atoms with Crippen molar-refractivity contribution in [2.75, 3.05) is 38.0 Å². The number of carbonyl (C=O) groups excluding carboxylic acids is 1. The summed E-state index contributed by atoms with van der Waals surface area (Å²) in [5.74, 6) is 1.00. The highest BCUT2D eigenvalue weighted by Crippen LogP contribution is 2.30. The van der Waals surface area contributed by atoms with Gasteiger partial charge in [0.15, 0.2) is 0 Å². The van der Waals surface area contributed by atoms with Crippen molar-refractivity contribution in [3.05, 3.63) is 47.9 Å². The summed E-state index contributed by atoms with van der Waals surface area (Å²) >= 11 is 1.62. The van der Waals surface area contributed by atoms with E-state index >= 15 is 0 Å². The molecule has 0 bridgehead atoms. The smallest absolute Gasteiger partial charge is 0.224 e. The zero-order valence-corrected chi connectivity index (χ0v) is 22.0. The number of nitrogens with zero attached hydrogens (tertiary/aromatic N) is 5. The topological polar surface area (TPSA) is 102 Å². The number of fused-ring (bicyclic) bond motifs is 2. The summed E-state index contributed by atoms with van der Waals surface area (Å²) in [6.45, 7) is 8.62. The Balaban J connectivity index is 1.11. The van der Waals surface area contributed by atoms with Crippen molar-refractivity contribution in [1.82, 2.24) is 35.1 Å². The van der Waals surface area contributed by atoms with Crippen LogP contribution < -0.4 is 10.6 Å². The molecule has 0 radical (unpaired) electrons. The molecule has 1 fully saturated rings. The summed E-state index contributed by atoms with van der Waals surface area (Å²) in [4.78, 5) is 34.0. The highest BCUT2D eigenvalue weighted by molar-refractivity contribution is 7.16. The first-order valence-electron chi connectivity index (χ1n) is 12.9. The Labute approximate surface area is 220 Å². The van der Waals surface area contributed by atoms with E-state index in [-0.39, 0.29) is 5.91 Å². The first kappa shape index (κ1) is 24.0. The number of aromatic amines is 1. The van der Waals surface area contributed by atoms with Crippen LogP contribution in [-0.4, -0.2) is 80.5 Å². The van der Waals surface area contributed by atoms with Crippen molar-refractivity contribution in [2.45, 2.75) is 38.8 Å². The minimum Gasteiger partial charge on any atom is -0.340 e. The van der Waals surface area contributed by atoms with Gasteiger partial charge in [0, 0.05) is 62.6 Å². The van der Waals surface area contributed by atoms with E-state index in [1.165, 1.54) is 5.57 Å². The van der Waals surface area contributed by atoms with Gasteiger partial charge in [-0.2, -0.15) is 0 Å². The molecule has 4 aromatic rings. The molecule has 37 heavy (non-hydrogen) atoms. The molecule has 5 heterocycles. The SMILES string of the molecule is CC1CN(CCC(=O)N2CC=C(c3cc4c(Nc5ccc6ncsc6c5)ncnc4[nH]3)CC2)CC(C)N1. The summed E-state index contributed by atoms with van der Waals surface area (Å²) in [5.41, 5.74) is 6.86. The van der Waals surface area contributed by atoms with Gasteiger partial charge in [0.25, 0.3) is 0 Å². The summed E-state index contributed by atoms with van der Waals surface area (Å²) in [6.07, 6.45) is 5.14. The molecule has 10 heteroatoms. The monoisotopic (exact) mass is 516 g/mol. The molecule has 6 rings (SSSR count). The molecule has 2 aliphatic heterocycles. The van der Waals surface area contributed by atoms with Crippen molar-refractivity contribution < 1.29 is 4.79 Å². The molecule has 1 aromatic carbocycles. The molecule has 9 nitrogen and oxygen atoms in total. The first-order valence-corrected chi connectivity index (χ1v) is 13.8. The van der Waals surface area contributed by atoms with Crippen LogP contribution in [0.25, 0.3) is 26.8 Å². The quantitative estimate of drug-likeness (QED) is 0.356. The lowest BCUT2D eigenvalue weighted by atomic mass is 10.0. The molecular weight excluding hydrogens is 484 g/mol. The highest BCUT2D eigenvalue weighted by Gasteiger charge is 2.23. The lowest BCUT2D eigenvalue weighted by molar-refractivity contribution is -0.131. The number of thiazole rings is 1. The maximum absolute atomic E-state index is 12.9. The average Bonchev–Trinajstić information content (AvgIpc) is 3.54. The number of aromatic nitrogens is 4. The van der Waals surface area contributed by atoms with Gasteiger partial charge in [-0.3, -0.25) is 9.69 Å². The molecule has 3 N–H and O–H groups in total. The molecule has 0 spiro atoms. The van der Waals surface area contributed by atoms with Crippen LogP contribution in [0.5, 0.6) is 0 Å². The molecule has 2 atom stereocenters. The van der Waals surface area contributed by atoms with E-state index in [0.29, 0.717) is 25.0 Å². The van der Waals surface area contributed by atoms with Crippen molar-refractivity contribution in [3.8, 4) is 0 Å². The number of anilines is 2. The highest BCUT2D eigenvalue weighted by atomic mass is 32.1. The van der Waals surface area contributed by atoms with E-state index in [4.69, 9.17) is 0 Å². The number of hydrogen-bond donors (Lipinski definition) is 3. The van der Waals surface area contributed by atoms with Crippen LogP contribution in [0.4, 0.5) is 11.5 Å². The van der Waals surface area contributed by atoms with E-state index in [1.54, 1.807) is 17.7 Å². The van der Waals surface area contributed by atoms with Gasteiger partial charge >= 0.3 is 0 Å². The fourth-order valence-electron chi connectivity index (χ4n) is 5.46. The summed E-state index contributed by atoms with van der Waals surface area (Å²) in [5, 5.41) is 7.94. The zero-order chi connectivity index (χ0) is 25.4. The Morgan fingerprint density at radius 2 is 2.03 bits per heavy atom. The Morgan fingerprint density at radius 3 is 2.84 bits per heavy atom. The standard InChI is InChI=1S/C27H32N8OS/c1-17-13-34(14-18(2)31-17)8-7-25(36)35-9-5-19(6-10-35)23-12-21-26(28-15-29-27(21)33-23)32-20-3-4-22-24(11-20)37-16-30-22/h3-5,11-12,15-18,31H,6-10,13-14H2,1-2H3,(H2,28,29,32,33). The third kappa shape index (κ3) is 5.22. The van der Waals surface area contributed by atoms with E-state index in [0.717, 1.165) is 71.0 Å². The third-order valence-corrected chi connectivity index (χ3v) is 7.99. The third-order valence-electron chi connectivity index (χ3n) is 7.20. The lowest BCUT2D eigenvalue weighted by Gasteiger charge is -2.36. The molecular formula is C27H32N8OS. The van der Waals surface area contributed by atoms with Crippen LogP contribution in [0.3, 0.4) is 0 Å². The molecule has 192 valence electrons. The first-order chi connectivity index (χ1) is 18.0. The molecule has 1 amide bonds. The maximum atomic E-state index is 12.9. The van der Waals surface area contributed by atoms with Gasteiger partial charge in [0.2, 0.25) is 5.91 Å². The second-order valence-electron chi connectivity index (χ2n) is 10.1. The van der Waals surface area contributed by atoms with Gasteiger partial charge in [0.1, 0.15) is 17.8 Å². The van der Waals surface area contributed by atoms with Gasteiger partial charge in [0.05, 0.1) is 21.1 Å². The number of piperazine rings is 1. The van der Waals surface area contributed by atoms with Gasteiger partial charge in [-0.25, -0.2) is 15.0 Å². The van der Waals surface area contributed by atoms with Crippen molar-refractivity contribution >= 4 is 55.6 Å². The molecule has 2 unspecified atom stereocenters. The predicted molar refractivity (Wildman–Crippen MR) is 149 cm³/mol. The second kappa shape index (κ2) is 10.2. The normalized spacial score (nSPS) is 20.9. The van der Waals surface area contributed by atoms with Gasteiger partial charge in [-0.1, -0.05) is 6.08 Å². The predicted octanol–water partition coefficient (Wildman–Crippen LogP) is 4.00. The molecule has 0 aliphatic carbocycles. The van der Waals surface area contributed by atoms with Gasteiger partial charge < -0.3 is 20.5 Å². The molecule has 1 saturated heterocycles. The van der Waals surface area contributed by atoms with E-state index in [1.807, 2.05) is 22.5 Å². The zero-order valence-electron chi connectivity index (χ0n) is 21.2. The number of amides is 1. The summed E-state index contributed by atoms with van der Waals surface area (Å²) < 4.78 is 1.13. The van der Waals surface area contributed by atoms with Crippen LogP contribution in [-0.2, 0) is 4.79 Å². The number of benzene rings is 1. The largest absolute Gasteiger partial charge is 0.340 e. The minimum atomic E-state index is 0.237. The lowest BCUT2D eigenvalue weighted by Crippen LogP contribution is -2.54. The van der Waals surface area contributed by atoms with Crippen LogP contribution in [0.2, 0.25) is 0 Å². The minimum absolute atomic E-state index is 0.237. The van der Waals surface area contributed by atoms with Crippen LogP contribution >= 0.6 is 11.3 Å². The van der Waals surface area contributed by atoms with E-state index in [9.17, 15) is 4.79 Å². The van der Waals surface area contributed by atoms with Crippen molar-refractivity contribution in [2.24, 2.45) is 0 Å². The van der Waals surface area contributed by atoms with Crippen LogP contribution in [0.15, 0.2) is 42.2 Å². The number of hydrogen-bond acceptors (Lipinski definition) is 8. The molecule has 2 aliphatic rings.